The molecule has 0 saturated carbocycles. The van der Waals surface area contributed by atoms with Gasteiger partial charge in [0.1, 0.15) is 0 Å². The lowest BCUT2D eigenvalue weighted by Gasteiger charge is -2.34. The van der Waals surface area contributed by atoms with Crippen molar-refractivity contribution in [1.82, 2.24) is 4.90 Å². The molecule has 1 saturated heterocycles. The molecule has 0 aromatic heterocycles. The van der Waals surface area contributed by atoms with Crippen LogP contribution in [0.5, 0.6) is 0 Å². The van der Waals surface area contributed by atoms with Crippen molar-refractivity contribution in [1.29, 1.82) is 0 Å². The summed E-state index contributed by atoms with van der Waals surface area (Å²) in [5.41, 5.74) is 0. The van der Waals surface area contributed by atoms with Gasteiger partial charge in [0.05, 0.1) is 6.10 Å². The number of rotatable bonds is 1. The van der Waals surface area contributed by atoms with Gasteiger partial charge in [0.15, 0.2) is 6.29 Å². The maximum absolute atomic E-state index is 9.25. The van der Waals surface area contributed by atoms with E-state index in [1.54, 1.807) is 0 Å². The van der Waals surface area contributed by atoms with Crippen LogP contribution in [0.3, 0.4) is 0 Å². The average Bonchev–Trinajstić information content (AvgIpc) is 2.06. The summed E-state index contributed by atoms with van der Waals surface area (Å²) in [6.07, 6.45) is 1.37. The maximum Gasteiger partial charge on any atom is 0.156 e. The minimum absolute atomic E-state index is 0.186. The second-order valence-electron chi connectivity index (χ2n) is 3.49. The van der Waals surface area contributed by atoms with Gasteiger partial charge in [-0.2, -0.15) is 0 Å². The Morgan fingerprint density at radius 2 is 1.77 bits per heavy atom. The van der Waals surface area contributed by atoms with Gasteiger partial charge in [-0.25, -0.2) is 0 Å². The third-order valence-corrected chi connectivity index (χ3v) is 2.20. The molecule has 1 aliphatic heterocycles. The Balaban J connectivity index is 0.000000671. The Hall–Kier alpha value is -0.160. The normalized spacial score (nSPS) is 33.9. The van der Waals surface area contributed by atoms with Gasteiger partial charge in [-0.1, -0.05) is 0 Å². The highest BCUT2D eigenvalue weighted by Crippen LogP contribution is 2.20. The summed E-state index contributed by atoms with van der Waals surface area (Å²) in [6, 6.07) is 0.466. The molecule has 4 heteroatoms. The van der Waals surface area contributed by atoms with Crippen molar-refractivity contribution in [3.63, 3.8) is 0 Å². The van der Waals surface area contributed by atoms with Crippen molar-refractivity contribution in [3.05, 3.63) is 0 Å². The number of nitrogens with zero attached hydrogens (tertiary/aromatic N) is 1. The van der Waals surface area contributed by atoms with Gasteiger partial charge in [0, 0.05) is 19.6 Å². The highest BCUT2D eigenvalue weighted by Gasteiger charge is 2.26. The van der Waals surface area contributed by atoms with Gasteiger partial charge < -0.3 is 19.8 Å². The predicted octanol–water partition coefficient (Wildman–Crippen LogP) is 0.0424. The second-order valence-corrected chi connectivity index (χ2v) is 3.49. The van der Waals surface area contributed by atoms with E-state index >= 15 is 0 Å². The van der Waals surface area contributed by atoms with E-state index < -0.39 is 6.29 Å². The summed E-state index contributed by atoms with van der Waals surface area (Å²) in [5, 5.41) is 16.2. The molecule has 13 heavy (non-hydrogen) atoms. The van der Waals surface area contributed by atoms with E-state index in [0.29, 0.717) is 6.04 Å². The van der Waals surface area contributed by atoms with E-state index in [9.17, 15) is 5.11 Å². The monoisotopic (exact) mass is 191 g/mol. The van der Waals surface area contributed by atoms with E-state index in [1.165, 1.54) is 0 Å². The molecular formula is C9H21NO3. The van der Waals surface area contributed by atoms with Crippen molar-refractivity contribution in [2.75, 3.05) is 21.2 Å². The molecule has 0 aromatic rings. The molecule has 0 spiro atoms. The van der Waals surface area contributed by atoms with Gasteiger partial charge in [-0.05, 0) is 27.4 Å². The van der Waals surface area contributed by atoms with Gasteiger partial charge in [0.2, 0.25) is 0 Å². The highest BCUT2D eigenvalue weighted by molar-refractivity contribution is 4.75. The van der Waals surface area contributed by atoms with Crippen LogP contribution >= 0.6 is 0 Å². The molecule has 4 nitrogen and oxygen atoms in total. The standard InChI is InChI=1S/C8H17NO2.CH4O/c1-6-4-7(9(2)3)5-8(10)11-6;1-2/h6-8,10H,4-5H2,1-3H3;2H,1H3. The molecule has 0 amide bonds. The Bertz CT molecular complexity index is 120. The fourth-order valence-corrected chi connectivity index (χ4v) is 1.51. The van der Waals surface area contributed by atoms with Crippen molar-refractivity contribution in [2.24, 2.45) is 0 Å². The molecule has 3 atom stereocenters. The number of ether oxygens (including phenoxy) is 1. The van der Waals surface area contributed by atoms with Gasteiger partial charge >= 0.3 is 0 Å². The zero-order chi connectivity index (χ0) is 10.4. The summed E-state index contributed by atoms with van der Waals surface area (Å²) in [4.78, 5) is 2.14. The lowest BCUT2D eigenvalue weighted by Crippen LogP contribution is -2.41. The Morgan fingerprint density at radius 3 is 2.15 bits per heavy atom. The van der Waals surface area contributed by atoms with Crippen LogP contribution in [0, 0.1) is 0 Å². The Labute approximate surface area is 80.1 Å². The molecule has 1 aliphatic rings. The first kappa shape index (κ1) is 12.8. The van der Waals surface area contributed by atoms with Crippen LogP contribution in [-0.2, 0) is 4.74 Å². The highest BCUT2D eigenvalue weighted by atomic mass is 16.6. The SMILES string of the molecule is CC1CC(N(C)C)CC(O)O1.CO. The molecule has 2 N–H and O–H groups in total. The van der Waals surface area contributed by atoms with Crippen LogP contribution in [0.2, 0.25) is 0 Å². The lowest BCUT2D eigenvalue weighted by molar-refractivity contribution is -0.172. The number of aliphatic hydroxyl groups is 2. The summed E-state index contributed by atoms with van der Waals surface area (Å²) >= 11 is 0. The lowest BCUT2D eigenvalue weighted by atomic mass is 10.0. The molecule has 1 heterocycles. The molecule has 80 valence electrons. The zero-order valence-corrected chi connectivity index (χ0v) is 8.90. The van der Waals surface area contributed by atoms with E-state index in [2.05, 4.69) is 4.90 Å². The first-order valence-electron chi connectivity index (χ1n) is 4.54. The molecular weight excluding hydrogens is 170 g/mol. The van der Waals surface area contributed by atoms with Crippen molar-refractivity contribution in [2.45, 2.75) is 38.2 Å². The van der Waals surface area contributed by atoms with E-state index in [-0.39, 0.29) is 6.10 Å². The smallest absolute Gasteiger partial charge is 0.156 e. The topological polar surface area (TPSA) is 52.9 Å². The number of hydrogen-bond acceptors (Lipinski definition) is 4. The quantitative estimate of drug-likeness (QED) is 0.614. The molecule has 3 unspecified atom stereocenters. The molecule has 0 aliphatic carbocycles. The molecule has 0 aromatic carbocycles. The minimum Gasteiger partial charge on any atom is -0.400 e. The molecule has 1 fully saturated rings. The molecule has 1 rings (SSSR count). The van der Waals surface area contributed by atoms with Crippen molar-refractivity contribution < 1.29 is 14.9 Å². The first-order chi connectivity index (χ1) is 6.09. The minimum atomic E-state index is -0.564. The maximum atomic E-state index is 9.25. The first-order valence-corrected chi connectivity index (χ1v) is 4.54. The van der Waals surface area contributed by atoms with Gasteiger partial charge in [0.25, 0.3) is 0 Å². The number of aliphatic hydroxyl groups excluding tert-OH is 2. The average molecular weight is 191 g/mol. The molecule has 0 bridgehead atoms. The van der Waals surface area contributed by atoms with E-state index in [0.717, 1.165) is 20.0 Å². The fraction of sp³-hybridized carbons (Fsp3) is 1.00. The van der Waals surface area contributed by atoms with Crippen LogP contribution in [-0.4, -0.2) is 54.8 Å². The van der Waals surface area contributed by atoms with E-state index in [1.807, 2.05) is 21.0 Å². The van der Waals surface area contributed by atoms with Crippen LogP contribution < -0.4 is 0 Å². The third kappa shape index (κ3) is 4.57. The van der Waals surface area contributed by atoms with Gasteiger partial charge in [-0.15, -0.1) is 0 Å². The Morgan fingerprint density at radius 1 is 1.23 bits per heavy atom. The Kier molecular flexibility index (Phi) is 6.24. The summed E-state index contributed by atoms with van der Waals surface area (Å²) in [5.74, 6) is 0. The fourth-order valence-electron chi connectivity index (χ4n) is 1.51. The zero-order valence-electron chi connectivity index (χ0n) is 8.90. The van der Waals surface area contributed by atoms with Crippen molar-refractivity contribution >= 4 is 0 Å². The van der Waals surface area contributed by atoms with Crippen LogP contribution in [0.4, 0.5) is 0 Å². The third-order valence-electron chi connectivity index (χ3n) is 2.20. The number of hydrogen-bond donors (Lipinski definition) is 2. The second kappa shape index (κ2) is 6.32. The van der Waals surface area contributed by atoms with E-state index in [4.69, 9.17) is 9.84 Å². The largest absolute Gasteiger partial charge is 0.400 e. The van der Waals surface area contributed by atoms with Crippen LogP contribution in [0.1, 0.15) is 19.8 Å². The summed E-state index contributed by atoms with van der Waals surface area (Å²) in [7, 11) is 5.07. The van der Waals surface area contributed by atoms with Crippen LogP contribution in [0.25, 0.3) is 0 Å². The van der Waals surface area contributed by atoms with Gasteiger partial charge in [-0.3, -0.25) is 0 Å². The summed E-state index contributed by atoms with van der Waals surface area (Å²) in [6.45, 7) is 2.00. The molecule has 0 radical (unpaired) electrons. The predicted molar refractivity (Wildman–Crippen MR) is 51.4 cm³/mol. The van der Waals surface area contributed by atoms with Crippen LogP contribution in [0.15, 0.2) is 0 Å². The van der Waals surface area contributed by atoms with Crippen molar-refractivity contribution in [3.8, 4) is 0 Å². The summed E-state index contributed by atoms with van der Waals surface area (Å²) < 4.78 is 5.20.